The number of hydrogen-bond acceptors (Lipinski definition) is 6. The minimum Gasteiger partial charge on any atom is -0.507 e. The molecule has 1 amide bonds. The Kier molecular flexibility index (Phi) is 6.49. The van der Waals surface area contributed by atoms with Crippen LogP contribution in [0.1, 0.15) is 32.9 Å². The molecule has 0 radical (unpaired) electrons. The van der Waals surface area contributed by atoms with Crippen LogP contribution in [0.3, 0.4) is 0 Å². The molecule has 4 rings (SSSR count). The van der Waals surface area contributed by atoms with Crippen molar-refractivity contribution in [2.24, 2.45) is 0 Å². The Labute approximate surface area is 206 Å². The second kappa shape index (κ2) is 9.36. The first-order valence-corrected chi connectivity index (χ1v) is 11.6. The van der Waals surface area contributed by atoms with Crippen molar-refractivity contribution >= 4 is 46.3 Å². The van der Waals surface area contributed by atoms with Crippen molar-refractivity contribution in [1.82, 2.24) is 9.47 Å². The van der Waals surface area contributed by atoms with Gasteiger partial charge in [0, 0.05) is 17.1 Å². The van der Waals surface area contributed by atoms with Crippen molar-refractivity contribution in [3.63, 3.8) is 0 Å². The minimum absolute atomic E-state index is 0.159. The van der Waals surface area contributed by atoms with Crippen LogP contribution in [0.4, 0.5) is 0 Å². The zero-order chi connectivity index (χ0) is 24.6. The van der Waals surface area contributed by atoms with Crippen LogP contribution < -0.4 is 4.74 Å². The average Bonchev–Trinajstić information content (AvgIpc) is 3.23. The van der Waals surface area contributed by atoms with Gasteiger partial charge in [0.1, 0.15) is 21.4 Å². The van der Waals surface area contributed by atoms with Crippen molar-refractivity contribution in [3.05, 3.63) is 81.5 Å². The highest BCUT2D eigenvalue weighted by Crippen LogP contribution is 2.35. The standard InChI is InChI=1S/C25H22N2O5S2/c1-14-10-17(15(2)27(14)18-6-9-21(28)20(12-18)24(30)31)11-22-23(29)26(25(33)34-22)13-16-4-7-19(32-3)8-5-16/h4-12,28H,13H2,1-3H3,(H,30,31)/b22-11-. The number of carbonyl (C=O) groups is 2. The number of phenols is 1. The van der Waals surface area contributed by atoms with E-state index < -0.39 is 5.97 Å². The number of aromatic hydroxyl groups is 1. The molecule has 1 fully saturated rings. The number of benzene rings is 2. The van der Waals surface area contributed by atoms with Crippen LogP contribution in [0, 0.1) is 13.8 Å². The predicted octanol–water partition coefficient (Wildman–Crippen LogP) is 4.91. The van der Waals surface area contributed by atoms with Crippen molar-refractivity contribution in [2.45, 2.75) is 20.4 Å². The molecule has 0 atom stereocenters. The zero-order valence-electron chi connectivity index (χ0n) is 18.7. The number of aromatic carboxylic acids is 1. The molecule has 1 aliphatic rings. The van der Waals surface area contributed by atoms with Crippen LogP contribution in [0.15, 0.2) is 53.4 Å². The van der Waals surface area contributed by atoms with E-state index in [4.69, 9.17) is 17.0 Å². The van der Waals surface area contributed by atoms with Gasteiger partial charge in [0.25, 0.3) is 5.91 Å². The Morgan fingerprint density at radius 2 is 1.85 bits per heavy atom. The van der Waals surface area contributed by atoms with E-state index in [1.54, 1.807) is 18.1 Å². The van der Waals surface area contributed by atoms with E-state index in [0.717, 1.165) is 28.3 Å². The maximum atomic E-state index is 13.1. The van der Waals surface area contributed by atoms with Gasteiger partial charge >= 0.3 is 5.97 Å². The van der Waals surface area contributed by atoms with E-state index in [2.05, 4.69) is 0 Å². The van der Waals surface area contributed by atoms with Gasteiger partial charge in [-0.25, -0.2) is 4.79 Å². The lowest BCUT2D eigenvalue weighted by Crippen LogP contribution is -2.27. The number of aryl methyl sites for hydroxylation is 1. The Bertz CT molecular complexity index is 1340. The van der Waals surface area contributed by atoms with Crippen molar-refractivity contribution in [1.29, 1.82) is 0 Å². The fourth-order valence-electron chi connectivity index (χ4n) is 3.86. The summed E-state index contributed by atoms with van der Waals surface area (Å²) in [4.78, 5) is 26.6. The third-order valence-corrected chi connectivity index (χ3v) is 6.98. The Balaban J connectivity index is 1.62. The van der Waals surface area contributed by atoms with E-state index >= 15 is 0 Å². The monoisotopic (exact) mass is 494 g/mol. The number of carboxylic acids is 1. The van der Waals surface area contributed by atoms with Crippen LogP contribution in [-0.4, -0.2) is 43.0 Å². The van der Waals surface area contributed by atoms with Gasteiger partial charge in [-0.05, 0) is 67.4 Å². The van der Waals surface area contributed by atoms with Crippen LogP contribution in [-0.2, 0) is 11.3 Å². The lowest BCUT2D eigenvalue weighted by molar-refractivity contribution is -0.122. The van der Waals surface area contributed by atoms with E-state index in [1.807, 2.05) is 54.8 Å². The number of carboxylic acid groups (broad SMARTS) is 1. The molecule has 174 valence electrons. The third kappa shape index (κ3) is 4.44. The minimum atomic E-state index is -1.21. The summed E-state index contributed by atoms with van der Waals surface area (Å²) in [6.07, 6.45) is 1.81. The number of methoxy groups -OCH3 is 1. The quantitative estimate of drug-likeness (QED) is 0.372. The summed E-state index contributed by atoms with van der Waals surface area (Å²) in [5, 5.41) is 19.2. The molecule has 0 saturated carbocycles. The topological polar surface area (TPSA) is 92.0 Å². The number of carbonyl (C=O) groups excluding carboxylic acids is 1. The number of thioether (sulfide) groups is 1. The van der Waals surface area contributed by atoms with Gasteiger partial charge in [-0.2, -0.15) is 0 Å². The first-order valence-electron chi connectivity index (χ1n) is 10.3. The van der Waals surface area contributed by atoms with Crippen molar-refractivity contribution < 1.29 is 24.5 Å². The normalized spacial score (nSPS) is 14.8. The van der Waals surface area contributed by atoms with E-state index in [-0.39, 0.29) is 17.2 Å². The molecule has 0 unspecified atom stereocenters. The Morgan fingerprint density at radius 1 is 1.15 bits per heavy atom. The Morgan fingerprint density at radius 3 is 2.50 bits per heavy atom. The van der Waals surface area contributed by atoms with E-state index in [0.29, 0.717) is 21.5 Å². The van der Waals surface area contributed by atoms with Crippen molar-refractivity contribution in [2.75, 3.05) is 7.11 Å². The highest BCUT2D eigenvalue weighted by Gasteiger charge is 2.32. The summed E-state index contributed by atoms with van der Waals surface area (Å²) in [6.45, 7) is 4.16. The summed E-state index contributed by atoms with van der Waals surface area (Å²) in [5.41, 5.74) is 3.90. The van der Waals surface area contributed by atoms with Gasteiger partial charge in [0.15, 0.2) is 0 Å². The molecule has 1 aromatic heterocycles. The molecule has 1 aliphatic heterocycles. The zero-order valence-corrected chi connectivity index (χ0v) is 20.4. The van der Waals surface area contributed by atoms with Gasteiger partial charge in [-0.1, -0.05) is 36.1 Å². The lowest BCUT2D eigenvalue weighted by Gasteiger charge is -2.14. The average molecular weight is 495 g/mol. The third-order valence-electron chi connectivity index (χ3n) is 5.60. The summed E-state index contributed by atoms with van der Waals surface area (Å²) >= 11 is 6.72. The van der Waals surface area contributed by atoms with Crippen molar-refractivity contribution in [3.8, 4) is 17.2 Å². The van der Waals surface area contributed by atoms with Gasteiger partial charge in [-0.3, -0.25) is 9.69 Å². The Hall–Kier alpha value is -3.56. The number of hydrogen-bond donors (Lipinski definition) is 2. The molecule has 2 heterocycles. The second-order valence-electron chi connectivity index (χ2n) is 7.78. The molecular formula is C25H22N2O5S2. The number of aromatic nitrogens is 1. The van der Waals surface area contributed by atoms with E-state index in [1.165, 1.54) is 23.9 Å². The molecule has 1 saturated heterocycles. The smallest absolute Gasteiger partial charge is 0.339 e. The van der Waals surface area contributed by atoms with E-state index in [9.17, 15) is 19.8 Å². The largest absolute Gasteiger partial charge is 0.507 e. The first-order chi connectivity index (χ1) is 16.2. The van der Waals surface area contributed by atoms with Crippen LogP contribution in [0.5, 0.6) is 11.5 Å². The summed E-state index contributed by atoms with van der Waals surface area (Å²) in [5.74, 6) is -0.913. The number of nitrogens with zero attached hydrogens (tertiary/aromatic N) is 2. The summed E-state index contributed by atoms with van der Waals surface area (Å²) in [7, 11) is 1.60. The molecule has 2 N–H and O–H groups in total. The number of rotatable bonds is 6. The molecular weight excluding hydrogens is 472 g/mol. The van der Waals surface area contributed by atoms with Crippen LogP contribution in [0.2, 0.25) is 0 Å². The van der Waals surface area contributed by atoms with Gasteiger partial charge < -0.3 is 19.5 Å². The van der Waals surface area contributed by atoms with Gasteiger partial charge in [-0.15, -0.1) is 0 Å². The molecule has 0 bridgehead atoms. The molecule has 9 heteroatoms. The molecule has 0 aliphatic carbocycles. The molecule has 0 spiro atoms. The maximum Gasteiger partial charge on any atom is 0.339 e. The molecule has 34 heavy (non-hydrogen) atoms. The highest BCUT2D eigenvalue weighted by atomic mass is 32.2. The molecule has 2 aromatic carbocycles. The number of amides is 1. The highest BCUT2D eigenvalue weighted by molar-refractivity contribution is 8.26. The number of ether oxygens (including phenoxy) is 1. The molecule has 7 nitrogen and oxygen atoms in total. The molecule has 3 aromatic rings. The predicted molar refractivity (Wildman–Crippen MR) is 136 cm³/mol. The van der Waals surface area contributed by atoms with Crippen LogP contribution >= 0.6 is 24.0 Å². The first kappa shape index (κ1) is 23.6. The SMILES string of the molecule is COc1ccc(CN2C(=O)/C(=C/c3cc(C)n(-c4ccc(O)c(C(=O)O)c4)c3C)SC2=S)cc1. The fourth-order valence-corrected chi connectivity index (χ4v) is 5.10. The summed E-state index contributed by atoms with van der Waals surface area (Å²) < 4.78 is 7.56. The van der Waals surface area contributed by atoms with Crippen LogP contribution in [0.25, 0.3) is 11.8 Å². The second-order valence-corrected chi connectivity index (χ2v) is 9.46. The van der Waals surface area contributed by atoms with Gasteiger partial charge in [0.2, 0.25) is 0 Å². The van der Waals surface area contributed by atoms with Gasteiger partial charge in [0.05, 0.1) is 18.6 Å². The number of thiocarbonyl (C=S) groups is 1. The maximum absolute atomic E-state index is 13.1. The lowest BCUT2D eigenvalue weighted by atomic mass is 10.1. The summed E-state index contributed by atoms with van der Waals surface area (Å²) in [6, 6.07) is 13.9. The fraction of sp³-hybridized carbons (Fsp3) is 0.160.